The summed E-state index contributed by atoms with van der Waals surface area (Å²) in [6, 6.07) is 48.1. The molecule has 0 spiro atoms. The van der Waals surface area contributed by atoms with Crippen LogP contribution in [-0.4, -0.2) is 15.0 Å². The Morgan fingerprint density at radius 1 is 0.411 bits per heavy atom. The lowest BCUT2D eigenvalue weighted by atomic mass is 9.99. The van der Waals surface area contributed by atoms with Gasteiger partial charge in [-0.05, 0) is 75.8 Å². The summed E-state index contributed by atoms with van der Waals surface area (Å²) < 4.78 is 62.2. The van der Waals surface area contributed by atoms with E-state index in [1.165, 1.54) is 0 Å². The van der Waals surface area contributed by atoms with E-state index in [9.17, 15) is 4.11 Å². The van der Waals surface area contributed by atoms with Crippen LogP contribution < -0.4 is 0 Å². The number of fused-ring (bicyclic) bond motifs is 6. The second kappa shape index (κ2) is 13.3. The molecule has 0 bridgehead atoms. The molecule has 0 saturated carbocycles. The summed E-state index contributed by atoms with van der Waals surface area (Å²) in [7, 11) is 0. The van der Waals surface area contributed by atoms with Crippen molar-refractivity contribution in [1.82, 2.24) is 15.0 Å². The fraction of sp³-hybridized carbons (Fsp3) is 0. The molecule has 0 aliphatic heterocycles. The Balaban J connectivity index is 1.12. The summed E-state index contributed by atoms with van der Waals surface area (Å²) in [4.78, 5) is 14.9. The summed E-state index contributed by atoms with van der Waals surface area (Å²) in [5, 5.41) is 2.52. The number of rotatable bonds is 6. The number of thiophene rings is 1. The van der Waals surface area contributed by atoms with Crippen molar-refractivity contribution in [3.05, 3.63) is 188 Å². The molecule has 0 saturated heterocycles. The van der Waals surface area contributed by atoms with E-state index in [0.29, 0.717) is 59.7 Å². The Kier molecular flexibility index (Phi) is 6.29. The first-order valence-corrected chi connectivity index (χ1v) is 19.0. The van der Waals surface area contributed by atoms with Crippen LogP contribution >= 0.6 is 11.3 Å². The van der Waals surface area contributed by atoms with Crippen LogP contribution in [0.3, 0.4) is 0 Å². The van der Waals surface area contributed by atoms with Crippen molar-refractivity contribution in [3.8, 4) is 67.5 Å². The number of hydrogen-bond donors (Lipinski definition) is 0. The SMILES string of the molecule is [2H]c1c([2H])c(-c2ccccc2)c2c(sc3c([2H])c(-c4nc(-c5ccc(-c6ccccc6)cc5)nc(-c5ccc6oc7cc(-c8ccccc8)ccc7c6c5)n4)c([2H])c([2H])c32)c1[2H]. The minimum Gasteiger partial charge on any atom is -0.456 e. The van der Waals surface area contributed by atoms with Crippen molar-refractivity contribution in [2.24, 2.45) is 0 Å². The molecule has 0 amide bonds. The minimum atomic E-state index is -0.262. The molecule has 3 aromatic heterocycles. The maximum absolute atomic E-state index is 9.67. The highest BCUT2D eigenvalue weighted by Crippen LogP contribution is 2.42. The second-order valence-electron chi connectivity index (χ2n) is 13.5. The lowest BCUT2D eigenvalue weighted by molar-refractivity contribution is 0.669. The molecular formula is C51H31N3OS. The van der Waals surface area contributed by atoms with Crippen LogP contribution in [0.4, 0.5) is 0 Å². The smallest absolute Gasteiger partial charge is 0.164 e. The van der Waals surface area contributed by atoms with Gasteiger partial charge in [0.2, 0.25) is 0 Å². The van der Waals surface area contributed by atoms with Crippen LogP contribution in [0.15, 0.2) is 192 Å². The molecule has 0 aliphatic carbocycles. The van der Waals surface area contributed by atoms with Crippen molar-refractivity contribution in [1.29, 1.82) is 0 Å². The monoisotopic (exact) mass is 739 g/mol. The number of furan rings is 1. The van der Waals surface area contributed by atoms with Crippen LogP contribution in [0.1, 0.15) is 8.22 Å². The number of nitrogens with zero attached hydrogens (tertiary/aromatic N) is 3. The molecule has 0 N–H and O–H groups in total. The first-order valence-electron chi connectivity index (χ1n) is 21.2. The van der Waals surface area contributed by atoms with Gasteiger partial charge in [0.25, 0.3) is 0 Å². The third-order valence-electron chi connectivity index (χ3n) is 10.1. The Hall–Kier alpha value is -7.21. The molecule has 0 unspecified atom stereocenters. The summed E-state index contributed by atoms with van der Waals surface area (Å²) in [5.41, 5.74) is 8.12. The van der Waals surface area contributed by atoms with Gasteiger partial charge in [0.1, 0.15) is 11.2 Å². The summed E-state index contributed by atoms with van der Waals surface area (Å²) >= 11 is 1.12. The van der Waals surface area contributed by atoms with E-state index in [1.807, 2.05) is 127 Å². The second-order valence-corrected chi connectivity index (χ2v) is 14.5. The van der Waals surface area contributed by atoms with Crippen molar-refractivity contribution >= 4 is 53.4 Å². The highest BCUT2D eigenvalue weighted by molar-refractivity contribution is 7.26. The Bertz CT molecular complexity index is 3580. The predicted molar refractivity (Wildman–Crippen MR) is 233 cm³/mol. The maximum Gasteiger partial charge on any atom is 0.164 e. The van der Waals surface area contributed by atoms with Crippen LogP contribution in [-0.2, 0) is 0 Å². The summed E-state index contributed by atoms with van der Waals surface area (Å²) in [6.45, 7) is 0. The van der Waals surface area contributed by atoms with E-state index in [-0.39, 0.29) is 47.6 Å². The van der Waals surface area contributed by atoms with Crippen LogP contribution in [0.25, 0.3) is 110 Å². The third kappa shape index (κ3) is 5.65. The average Bonchev–Trinajstić information content (AvgIpc) is 3.90. The standard InChI is InChI=1S/C51H31N3OS/c1-4-11-32(12-5-1)34-19-21-36(22-20-34)49-52-50(38-25-28-44-43(29-38)41-26-23-37(30-45(41)55-44)33-13-6-2-7-14-33)54-51(53-49)39-24-27-42-47(31-39)56-46-18-10-17-40(48(42)46)35-15-8-3-9-16-35/h1-31H/i10D,17D,18D,24D,27D,31D. The number of aromatic nitrogens is 3. The quantitative estimate of drug-likeness (QED) is 0.170. The molecule has 0 aliphatic rings. The normalized spacial score (nSPS) is 13.1. The molecule has 8 aromatic carbocycles. The molecule has 56 heavy (non-hydrogen) atoms. The lowest BCUT2D eigenvalue weighted by Crippen LogP contribution is -2.00. The molecule has 262 valence electrons. The highest BCUT2D eigenvalue weighted by Gasteiger charge is 2.17. The molecule has 3 heterocycles. The van der Waals surface area contributed by atoms with Gasteiger partial charge in [0.15, 0.2) is 17.5 Å². The molecular weight excluding hydrogens is 703 g/mol. The molecule has 11 rings (SSSR count). The van der Waals surface area contributed by atoms with Gasteiger partial charge < -0.3 is 4.42 Å². The van der Waals surface area contributed by atoms with Crippen molar-refractivity contribution in [2.75, 3.05) is 0 Å². The van der Waals surface area contributed by atoms with E-state index >= 15 is 0 Å². The van der Waals surface area contributed by atoms with Gasteiger partial charge in [-0.1, -0.05) is 145 Å². The topological polar surface area (TPSA) is 51.8 Å². The van der Waals surface area contributed by atoms with Gasteiger partial charge in [-0.2, -0.15) is 0 Å². The zero-order valence-corrected chi connectivity index (χ0v) is 30.4. The van der Waals surface area contributed by atoms with E-state index in [2.05, 4.69) is 24.3 Å². The van der Waals surface area contributed by atoms with E-state index in [0.717, 1.165) is 49.9 Å². The number of hydrogen-bond acceptors (Lipinski definition) is 5. The molecule has 11 aromatic rings. The minimum absolute atomic E-state index is 0.0492. The van der Waals surface area contributed by atoms with Gasteiger partial charge in [-0.25, -0.2) is 15.0 Å². The van der Waals surface area contributed by atoms with Gasteiger partial charge in [-0.15, -0.1) is 11.3 Å². The molecule has 0 fully saturated rings. The van der Waals surface area contributed by atoms with E-state index in [1.54, 1.807) is 0 Å². The van der Waals surface area contributed by atoms with Gasteiger partial charge in [0.05, 0.1) is 8.22 Å². The maximum atomic E-state index is 9.67. The van der Waals surface area contributed by atoms with Crippen LogP contribution in [0, 0.1) is 0 Å². The largest absolute Gasteiger partial charge is 0.456 e. The third-order valence-corrected chi connectivity index (χ3v) is 11.1. The summed E-state index contributed by atoms with van der Waals surface area (Å²) in [5.74, 6) is 0.698. The molecule has 0 atom stereocenters. The number of benzene rings is 8. The fourth-order valence-corrected chi connectivity index (χ4v) is 8.32. The Labute approximate surface area is 335 Å². The molecule has 0 radical (unpaired) electrons. The van der Waals surface area contributed by atoms with Crippen LogP contribution in [0.2, 0.25) is 0 Å². The van der Waals surface area contributed by atoms with Gasteiger partial charge in [-0.3, -0.25) is 0 Å². The Morgan fingerprint density at radius 3 is 1.73 bits per heavy atom. The van der Waals surface area contributed by atoms with Crippen molar-refractivity contribution in [2.45, 2.75) is 0 Å². The zero-order valence-electron chi connectivity index (χ0n) is 35.6. The highest BCUT2D eigenvalue weighted by atomic mass is 32.1. The lowest BCUT2D eigenvalue weighted by Gasteiger charge is -2.10. The zero-order chi connectivity index (χ0) is 42.2. The first kappa shape index (κ1) is 26.5. The Morgan fingerprint density at radius 2 is 1.00 bits per heavy atom. The first-order chi connectivity index (χ1) is 30.2. The summed E-state index contributed by atoms with van der Waals surface area (Å²) in [6.07, 6.45) is 0. The van der Waals surface area contributed by atoms with Gasteiger partial charge >= 0.3 is 0 Å². The molecule has 4 nitrogen and oxygen atoms in total. The van der Waals surface area contributed by atoms with Crippen molar-refractivity contribution in [3.63, 3.8) is 0 Å². The van der Waals surface area contributed by atoms with Crippen LogP contribution in [0.5, 0.6) is 0 Å². The molecule has 5 heteroatoms. The van der Waals surface area contributed by atoms with E-state index < -0.39 is 0 Å². The van der Waals surface area contributed by atoms with Crippen molar-refractivity contribution < 1.29 is 12.6 Å². The van der Waals surface area contributed by atoms with Gasteiger partial charge in [0, 0.05) is 47.6 Å². The predicted octanol–water partition coefficient (Wildman–Crippen LogP) is 14.1. The van der Waals surface area contributed by atoms with E-state index in [4.69, 9.17) is 23.5 Å². The average molecular weight is 740 g/mol. The fourth-order valence-electron chi connectivity index (χ4n) is 7.30.